The molecule has 0 radical (unpaired) electrons. The summed E-state index contributed by atoms with van der Waals surface area (Å²) in [5.41, 5.74) is 1.98. The van der Waals surface area contributed by atoms with Crippen LogP contribution in [-0.2, 0) is 0 Å². The third kappa shape index (κ3) is 3.68. The van der Waals surface area contributed by atoms with Gasteiger partial charge in [0.1, 0.15) is 5.75 Å². The van der Waals surface area contributed by atoms with E-state index in [4.69, 9.17) is 4.74 Å². The van der Waals surface area contributed by atoms with E-state index in [2.05, 4.69) is 22.3 Å². The van der Waals surface area contributed by atoms with Gasteiger partial charge in [0.2, 0.25) is 0 Å². The highest BCUT2D eigenvalue weighted by Gasteiger charge is 2.37. The summed E-state index contributed by atoms with van der Waals surface area (Å²) in [4.78, 5) is 17.5. The smallest absolute Gasteiger partial charge is 0.322 e. The van der Waals surface area contributed by atoms with Crippen LogP contribution in [0.1, 0.15) is 24.4 Å². The molecule has 1 saturated heterocycles. The van der Waals surface area contributed by atoms with Crippen molar-refractivity contribution in [1.82, 2.24) is 9.80 Å². The molecule has 1 heterocycles. The number of amides is 2. The van der Waals surface area contributed by atoms with Gasteiger partial charge in [-0.15, -0.1) is 0 Å². The van der Waals surface area contributed by atoms with Crippen LogP contribution < -0.4 is 10.1 Å². The minimum Gasteiger partial charge on any atom is -0.497 e. The fourth-order valence-corrected chi connectivity index (χ4v) is 3.65. The third-order valence-corrected chi connectivity index (χ3v) is 5.26. The van der Waals surface area contributed by atoms with Gasteiger partial charge in [-0.1, -0.05) is 30.3 Å². The van der Waals surface area contributed by atoms with Crippen molar-refractivity contribution in [3.63, 3.8) is 0 Å². The fourth-order valence-electron chi connectivity index (χ4n) is 3.65. The van der Waals surface area contributed by atoms with Gasteiger partial charge >= 0.3 is 6.03 Å². The van der Waals surface area contributed by atoms with Crippen LogP contribution in [0.3, 0.4) is 0 Å². The lowest BCUT2D eigenvalue weighted by Crippen LogP contribution is -2.52. The van der Waals surface area contributed by atoms with Crippen molar-refractivity contribution in [2.75, 3.05) is 32.1 Å². The zero-order valence-corrected chi connectivity index (χ0v) is 15.1. The molecule has 2 aromatic carbocycles. The average molecular weight is 351 g/mol. The quantitative estimate of drug-likeness (QED) is 0.912. The van der Waals surface area contributed by atoms with Crippen LogP contribution >= 0.6 is 0 Å². The maximum Gasteiger partial charge on any atom is 0.322 e. The number of piperazine rings is 1. The lowest BCUT2D eigenvalue weighted by molar-refractivity contribution is 0.0954. The molecule has 1 atom stereocenters. The number of carbonyl (C=O) groups is 1. The van der Waals surface area contributed by atoms with Crippen LogP contribution in [0, 0.1) is 0 Å². The molecule has 2 amide bonds. The second-order valence-corrected chi connectivity index (χ2v) is 7.00. The first-order valence-electron chi connectivity index (χ1n) is 9.25. The molecule has 5 nitrogen and oxygen atoms in total. The number of anilines is 1. The Balaban J connectivity index is 1.51. The zero-order chi connectivity index (χ0) is 17.9. The van der Waals surface area contributed by atoms with Gasteiger partial charge in [0.25, 0.3) is 0 Å². The van der Waals surface area contributed by atoms with E-state index in [1.807, 2.05) is 47.4 Å². The average Bonchev–Trinajstić information content (AvgIpc) is 3.54. The van der Waals surface area contributed by atoms with Gasteiger partial charge in [-0.05, 0) is 42.7 Å². The number of urea groups is 1. The van der Waals surface area contributed by atoms with Crippen molar-refractivity contribution in [2.24, 2.45) is 0 Å². The highest BCUT2D eigenvalue weighted by Crippen LogP contribution is 2.33. The first kappa shape index (κ1) is 16.9. The number of nitrogens with zero attached hydrogens (tertiary/aromatic N) is 2. The number of carbonyl (C=O) groups excluding carboxylic acids is 1. The zero-order valence-electron chi connectivity index (χ0n) is 15.1. The van der Waals surface area contributed by atoms with Gasteiger partial charge in [0, 0.05) is 31.4 Å². The lowest BCUT2D eigenvalue weighted by atomic mass is 10.0. The van der Waals surface area contributed by atoms with Gasteiger partial charge in [0.15, 0.2) is 0 Å². The van der Waals surface area contributed by atoms with Crippen LogP contribution in [0.2, 0.25) is 0 Å². The monoisotopic (exact) mass is 351 g/mol. The lowest BCUT2D eigenvalue weighted by Gasteiger charge is -2.41. The number of ether oxygens (including phenoxy) is 1. The number of rotatable bonds is 4. The maximum absolute atomic E-state index is 13.0. The molecule has 0 spiro atoms. The van der Waals surface area contributed by atoms with E-state index in [1.165, 1.54) is 18.4 Å². The second-order valence-electron chi connectivity index (χ2n) is 7.00. The second kappa shape index (κ2) is 7.38. The first-order chi connectivity index (χ1) is 12.7. The number of benzene rings is 2. The molecule has 0 aromatic heterocycles. The van der Waals surface area contributed by atoms with Gasteiger partial charge in [-0.2, -0.15) is 0 Å². The molecule has 26 heavy (non-hydrogen) atoms. The molecule has 1 unspecified atom stereocenters. The molecule has 136 valence electrons. The van der Waals surface area contributed by atoms with Crippen LogP contribution in [0.5, 0.6) is 5.75 Å². The number of methoxy groups -OCH3 is 1. The van der Waals surface area contributed by atoms with E-state index < -0.39 is 0 Å². The number of nitrogens with one attached hydrogen (secondary N) is 1. The molecule has 0 bridgehead atoms. The largest absolute Gasteiger partial charge is 0.497 e. The summed E-state index contributed by atoms with van der Waals surface area (Å²) < 4.78 is 5.18. The van der Waals surface area contributed by atoms with E-state index in [1.54, 1.807) is 7.11 Å². The van der Waals surface area contributed by atoms with E-state index in [0.717, 1.165) is 31.1 Å². The van der Waals surface area contributed by atoms with Crippen LogP contribution in [0.4, 0.5) is 10.5 Å². The highest BCUT2D eigenvalue weighted by atomic mass is 16.5. The Morgan fingerprint density at radius 3 is 2.42 bits per heavy atom. The Hall–Kier alpha value is -2.53. The van der Waals surface area contributed by atoms with E-state index in [-0.39, 0.29) is 12.1 Å². The summed E-state index contributed by atoms with van der Waals surface area (Å²) >= 11 is 0. The van der Waals surface area contributed by atoms with Crippen LogP contribution in [0.25, 0.3) is 0 Å². The van der Waals surface area contributed by atoms with E-state index >= 15 is 0 Å². The number of hydrogen-bond donors (Lipinski definition) is 1. The summed E-state index contributed by atoms with van der Waals surface area (Å²) in [6, 6.07) is 18.6. The Morgan fingerprint density at radius 1 is 1.04 bits per heavy atom. The Labute approximate surface area is 154 Å². The molecule has 5 heteroatoms. The predicted octanol–water partition coefficient (Wildman–Crippen LogP) is 3.75. The van der Waals surface area contributed by atoms with E-state index in [0.29, 0.717) is 6.04 Å². The maximum atomic E-state index is 13.0. The third-order valence-electron chi connectivity index (χ3n) is 5.26. The molecule has 1 aliphatic carbocycles. The SMILES string of the molecule is COc1ccc(NC(=O)N2CCN(C3CC3)CC2c2ccccc2)cc1. The number of hydrogen-bond acceptors (Lipinski definition) is 3. The summed E-state index contributed by atoms with van der Waals surface area (Å²) in [7, 11) is 1.64. The Kier molecular flexibility index (Phi) is 4.80. The normalized spacial score (nSPS) is 20.7. The van der Waals surface area contributed by atoms with Crippen molar-refractivity contribution in [1.29, 1.82) is 0 Å². The van der Waals surface area contributed by atoms with Crippen LogP contribution in [-0.4, -0.2) is 48.6 Å². The van der Waals surface area contributed by atoms with Crippen molar-refractivity contribution >= 4 is 11.7 Å². The fraction of sp³-hybridized carbons (Fsp3) is 0.381. The van der Waals surface area contributed by atoms with Crippen molar-refractivity contribution in [3.05, 3.63) is 60.2 Å². The standard InChI is InChI=1S/C21H25N3O2/c1-26-19-11-7-17(8-12-19)22-21(25)24-14-13-23(18-9-10-18)15-20(24)16-5-3-2-4-6-16/h2-8,11-12,18,20H,9-10,13-15H2,1H3,(H,22,25). The molecule has 4 rings (SSSR count). The van der Waals surface area contributed by atoms with Gasteiger partial charge in [0.05, 0.1) is 13.2 Å². The predicted molar refractivity (Wildman–Crippen MR) is 102 cm³/mol. The van der Waals surface area contributed by atoms with Crippen molar-refractivity contribution in [2.45, 2.75) is 24.9 Å². The molecular formula is C21H25N3O2. The summed E-state index contributed by atoms with van der Waals surface area (Å²) in [5.74, 6) is 0.781. The van der Waals surface area contributed by atoms with Crippen LogP contribution in [0.15, 0.2) is 54.6 Å². The molecule has 2 fully saturated rings. The van der Waals surface area contributed by atoms with E-state index in [9.17, 15) is 4.79 Å². The molecule has 1 N–H and O–H groups in total. The van der Waals surface area contributed by atoms with Gasteiger partial charge in [-0.3, -0.25) is 4.90 Å². The summed E-state index contributed by atoms with van der Waals surface area (Å²) in [5, 5.41) is 3.04. The van der Waals surface area contributed by atoms with Crippen molar-refractivity contribution < 1.29 is 9.53 Å². The minimum absolute atomic E-state index is 0.0422. The minimum atomic E-state index is -0.0422. The topological polar surface area (TPSA) is 44.8 Å². The molecule has 1 saturated carbocycles. The molecule has 2 aliphatic rings. The molecule has 2 aromatic rings. The molecular weight excluding hydrogens is 326 g/mol. The summed E-state index contributed by atoms with van der Waals surface area (Å²) in [6.07, 6.45) is 2.58. The summed E-state index contributed by atoms with van der Waals surface area (Å²) in [6.45, 7) is 2.60. The first-order valence-corrected chi connectivity index (χ1v) is 9.25. The van der Waals surface area contributed by atoms with Gasteiger partial charge < -0.3 is 15.0 Å². The van der Waals surface area contributed by atoms with Gasteiger partial charge in [-0.25, -0.2) is 4.79 Å². The molecule has 1 aliphatic heterocycles. The Morgan fingerprint density at radius 2 is 1.77 bits per heavy atom. The highest BCUT2D eigenvalue weighted by molar-refractivity contribution is 5.89. The Bertz CT molecular complexity index is 744. The van der Waals surface area contributed by atoms with Crippen molar-refractivity contribution in [3.8, 4) is 5.75 Å².